The van der Waals surface area contributed by atoms with Crippen LogP contribution in [0.25, 0.3) is 17.2 Å². The molecule has 0 fully saturated rings. The number of aryl methyl sites for hydroxylation is 1. The fraction of sp³-hybridized carbons (Fsp3) is 0.333. The fourth-order valence-electron chi connectivity index (χ4n) is 3.61. The number of unbranched alkanes of at least 4 members (excludes halogenated alkanes) is 2. The molecule has 0 heteroatoms. The number of rotatable bonds is 7. The van der Waals surface area contributed by atoms with Crippen molar-refractivity contribution in [3.63, 3.8) is 0 Å². The lowest BCUT2D eigenvalue weighted by molar-refractivity contribution is 0.816. The van der Waals surface area contributed by atoms with Crippen molar-refractivity contribution in [2.75, 3.05) is 0 Å². The maximum Gasteiger partial charge on any atom is -0.00131 e. The molecule has 0 atom stereocenters. The summed E-state index contributed by atoms with van der Waals surface area (Å²) in [6.45, 7) is 4.35. The molecular formula is C24H28. The zero-order chi connectivity index (χ0) is 16.8. The standard InChI is InChI=1S/C24H28/c1-3-5-7-9-14-21-16-19(12-8-6-4-2)17-22-18-20-13-10-11-15-23(20)24(21)22/h4,6,9-11,13-17H,3,5,7-8,12,18H2,1-2H3/b6-4+,14-9?. The second-order valence-corrected chi connectivity index (χ2v) is 6.71. The molecule has 0 aliphatic heterocycles. The Hall–Kier alpha value is -2.08. The van der Waals surface area contributed by atoms with Gasteiger partial charge in [0.25, 0.3) is 0 Å². The smallest absolute Gasteiger partial charge is 0.00131 e. The summed E-state index contributed by atoms with van der Waals surface area (Å²) < 4.78 is 0. The third kappa shape index (κ3) is 3.70. The number of hydrogen-bond acceptors (Lipinski definition) is 0. The van der Waals surface area contributed by atoms with E-state index in [1.807, 2.05) is 0 Å². The van der Waals surface area contributed by atoms with Crippen LogP contribution in [-0.2, 0) is 12.8 Å². The summed E-state index contributed by atoms with van der Waals surface area (Å²) in [5.74, 6) is 0. The number of benzene rings is 2. The van der Waals surface area contributed by atoms with Crippen LogP contribution in [0, 0.1) is 0 Å². The third-order valence-corrected chi connectivity index (χ3v) is 4.84. The van der Waals surface area contributed by atoms with Crippen molar-refractivity contribution in [2.45, 2.75) is 52.4 Å². The molecule has 1 aliphatic rings. The van der Waals surface area contributed by atoms with Gasteiger partial charge >= 0.3 is 0 Å². The van der Waals surface area contributed by atoms with Crippen LogP contribution < -0.4 is 0 Å². The molecule has 0 saturated heterocycles. The van der Waals surface area contributed by atoms with E-state index in [2.05, 4.69) is 74.5 Å². The van der Waals surface area contributed by atoms with Crippen molar-refractivity contribution in [2.24, 2.45) is 0 Å². The molecule has 0 saturated carbocycles. The normalized spacial score (nSPS) is 12.9. The molecule has 0 aromatic heterocycles. The van der Waals surface area contributed by atoms with E-state index in [0.29, 0.717) is 0 Å². The predicted octanol–water partition coefficient (Wildman–Crippen LogP) is 6.97. The Labute approximate surface area is 146 Å². The quantitative estimate of drug-likeness (QED) is 0.326. The molecule has 0 unspecified atom stereocenters. The first-order chi connectivity index (χ1) is 11.8. The van der Waals surface area contributed by atoms with Gasteiger partial charge in [-0.2, -0.15) is 0 Å². The second kappa shape index (κ2) is 8.15. The lowest BCUT2D eigenvalue weighted by Gasteiger charge is -2.10. The Balaban J connectivity index is 1.96. The molecule has 1 aliphatic carbocycles. The number of hydrogen-bond donors (Lipinski definition) is 0. The first-order valence-electron chi connectivity index (χ1n) is 9.35. The van der Waals surface area contributed by atoms with E-state index < -0.39 is 0 Å². The fourth-order valence-corrected chi connectivity index (χ4v) is 3.61. The highest BCUT2D eigenvalue weighted by atomic mass is 14.2. The van der Waals surface area contributed by atoms with Gasteiger partial charge in [0.2, 0.25) is 0 Å². The van der Waals surface area contributed by atoms with Gasteiger partial charge in [0.15, 0.2) is 0 Å². The SMILES string of the molecule is C/C=C/CCc1cc(C=CCCCC)c2c(c1)Cc1ccccc1-2. The largest absolute Gasteiger partial charge is 0.0917 e. The first-order valence-corrected chi connectivity index (χ1v) is 9.35. The van der Waals surface area contributed by atoms with E-state index in [9.17, 15) is 0 Å². The van der Waals surface area contributed by atoms with Crippen LogP contribution in [0.4, 0.5) is 0 Å². The molecule has 2 aromatic rings. The molecule has 3 rings (SSSR count). The lowest BCUT2D eigenvalue weighted by Crippen LogP contribution is -1.91. The van der Waals surface area contributed by atoms with Gasteiger partial charge < -0.3 is 0 Å². The van der Waals surface area contributed by atoms with E-state index in [1.165, 1.54) is 52.6 Å². The van der Waals surface area contributed by atoms with Gasteiger partial charge in [0.05, 0.1) is 0 Å². The van der Waals surface area contributed by atoms with Gasteiger partial charge in [-0.3, -0.25) is 0 Å². The highest BCUT2D eigenvalue weighted by Crippen LogP contribution is 2.40. The summed E-state index contributed by atoms with van der Waals surface area (Å²) in [6.07, 6.45) is 16.2. The molecule has 2 aromatic carbocycles. The maximum atomic E-state index is 2.43. The van der Waals surface area contributed by atoms with E-state index in [0.717, 1.165) is 19.3 Å². The average Bonchev–Trinajstić information content (AvgIpc) is 2.97. The molecule has 0 N–H and O–H groups in total. The lowest BCUT2D eigenvalue weighted by atomic mass is 9.94. The summed E-state index contributed by atoms with van der Waals surface area (Å²) >= 11 is 0. The molecule has 0 heterocycles. The van der Waals surface area contributed by atoms with Crippen molar-refractivity contribution in [3.8, 4) is 11.1 Å². The van der Waals surface area contributed by atoms with Crippen LogP contribution in [0.1, 0.15) is 61.8 Å². The van der Waals surface area contributed by atoms with E-state index in [4.69, 9.17) is 0 Å². The van der Waals surface area contributed by atoms with Crippen LogP contribution in [-0.4, -0.2) is 0 Å². The molecule has 0 bridgehead atoms. The van der Waals surface area contributed by atoms with Crippen molar-refractivity contribution >= 4 is 6.08 Å². The Morgan fingerprint density at radius 2 is 1.88 bits per heavy atom. The van der Waals surface area contributed by atoms with Crippen LogP contribution in [0.15, 0.2) is 54.6 Å². The van der Waals surface area contributed by atoms with Gasteiger partial charge in [-0.05, 0) is 66.0 Å². The minimum atomic E-state index is 1.08. The molecule has 0 radical (unpaired) electrons. The van der Waals surface area contributed by atoms with Crippen molar-refractivity contribution in [1.82, 2.24) is 0 Å². The van der Waals surface area contributed by atoms with Crippen LogP contribution in [0.5, 0.6) is 0 Å². The number of allylic oxidation sites excluding steroid dienone is 3. The highest BCUT2D eigenvalue weighted by Gasteiger charge is 2.20. The Kier molecular flexibility index (Phi) is 5.69. The van der Waals surface area contributed by atoms with Gasteiger partial charge in [0, 0.05) is 0 Å². The van der Waals surface area contributed by atoms with Gasteiger partial charge in [0.1, 0.15) is 0 Å². The Bertz CT molecular complexity index is 747. The Morgan fingerprint density at radius 3 is 2.71 bits per heavy atom. The predicted molar refractivity (Wildman–Crippen MR) is 106 cm³/mol. The average molecular weight is 316 g/mol. The maximum absolute atomic E-state index is 2.43. The minimum absolute atomic E-state index is 1.08. The summed E-state index contributed by atoms with van der Waals surface area (Å²) in [7, 11) is 0. The van der Waals surface area contributed by atoms with Crippen LogP contribution >= 0.6 is 0 Å². The van der Waals surface area contributed by atoms with Gasteiger partial charge in [-0.25, -0.2) is 0 Å². The summed E-state index contributed by atoms with van der Waals surface area (Å²) in [6, 6.07) is 13.7. The van der Waals surface area contributed by atoms with Crippen molar-refractivity contribution < 1.29 is 0 Å². The topological polar surface area (TPSA) is 0 Å². The zero-order valence-electron chi connectivity index (χ0n) is 15.0. The van der Waals surface area contributed by atoms with Gasteiger partial charge in [-0.15, -0.1) is 0 Å². The monoisotopic (exact) mass is 316 g/mol. The Morgan fingerprint density at radius 1 is 1.00 bits per heavy atom. The summed E-state index contributed by atoms with van der Waals surface area (Å²) in [5, 5.41) is 0. The van der Waals surface area contributed by atoms with Gasteiger partial charge in [-0.1, -0.05) is 80.5 Å². The highest BCUT2D eigenvalue weighted by molar-refractivity contribution is 5.84. The van der Waals surface area contributed by atoms with Crippen LogP contribution in [0.2, 0.25) is 0 Å². The first kappa shape index (κ1) is 16.8. The van der Waals surface area contributed by atoms with E-state index in [1.54, 1.807) is 0 Å². The number of fused-ring (bicyclic) bond motifs is 3. The molecule has 124 valence electrons. The molecule has 0 amide bonds. The summed E-state index contributed by atoms with van der Waals surface area (Å²) in [5.41, 5.74) is 8.75. The molecule has 0 spiro atoms. The van der Waals surface area contributed by atoms with Crippen LogP contribution in [0.3, 0.4) is 0 Å². The van der Waals surface area contributed by atoms with Crippen molar-refractivity contribution in [1.29, 1.82) is 0 Å². The minimum Gasteiger partial charge on any atom is -0.0917 e. The summed E-state index contributed by atoms with van der Waals surface area (Å²) in [4.78, 5) is 0. The third-order valence-electron chi connectivity index (χ3n) is 4.84. The second-order valence-electron chi connectivity index (χ2n) is 6.71. The van der Waals surface area contributed by atoms with E-state index >= 15 is 0 Å². The molecule has 0 nitrogen and oxygen atoms in total. The van der Waals surface area contributed by atoms with Crippen molar-refractivity contribution in [3.05, 3.63) is 76.9 Å². The molecule has 24 heavy (non-hydrogen) atoms. The zero-order valence-corrected chi connectivity index (χ0v) is 15.0. The molecular weight excluding hydrogens is 288 g/mol. The van der Waals surface area contributed by atoms with E-state index in [-0.39, 0.29) is 0 Å².